The minimum atomic E-state index is 0. The van der Waals surface area contributed by atoms with Gasteiger partial charge in [0.15, 0.2) is 0 Å². The quantitative estimate of drug-likeness (QED) is 0.0542. The molecule has 0 aliphatic rings. The van der Waals surface area contributed by atoms with Crippen molar-refractivity contribution in [2.75, 3.05) is 48.5 Å². The molecule has 0 fully saturated rings. The van der Waals surface area contributed by atoms with E-state index in [-0.39, 0.29) is 24.0 Å². The van der Waals surface area contributed by atoms with E-state index in [1.807, 2.05) is 45.9 Å². The van der Waals surface area contributed by atoms with E-state index in [9.17, 15) is 0 Å². The van der Waals surface area contributed by atoms with Crippen molar-refractivity contribution < 1.29 is 41.9 Å². The fraction of sp³-hybridized carbons (Fsp3) is 0.250. The van der Waals surface area contributed by atoms with Crippen LogP contribution in [0.5, 0.6) is 0 Å². The van der Waals surface area contributed by atoms with Crippen molar-refractivity contribution in [3.05, 3.63) is 120 Å². The van der Waals surface area contributed by atoms with Crippen LogP contribution in [0.3, 0.4) is 0 Å². The third-order valence-corrected chi connectivity index (χ3v) is 10.9. The Hall–Kier alpha value is -3.67. The number of rotatable bonds is 15. The van der Waals surface area contributed by atoms with Gasteiger partial charge in [-0.2, -0.15) is 9.13 Å². The van der Waals surface area contributed by atoms with Crippen LogP contribution >= 0.6 is 21.6 Å². The fourth-order valence-corrected chi connectivity index (χ4v) is 7.83. The Morgan fingerprint density at radius 2 is 0.939 bits per heavy atom. The summed E-state index contributed by atoms with van der Waals surface area (Å²) in [6.07, 6.45) is 8.36. The Morgan fingerprint density at radius 3 is 1.33 bits per heavy atom. The summed E-state index contributed by atoms with van der Waals surface area (Å²) in [6.45, 7) is 8.02. The number of fused-ring (bicyclic) bond motifs is 2. The standard InChI is InChI=1S/C40H44N4O2S2.HI/c1-5-43-35-11-7-9-13-37(35)45-39(43)25-19-31-15-21-33(22-16-31)41(3)27-29-47-48-30-28-42(4)34-23-17-32(18-24-34)20-26-40-44(6-2)36-12-8-10-14-38(36)46-40;/h7-26H,5-6,27-30H2,1-4H3;1H/q+2;/p-1. The molecule has 0 aliphatic carbocycles. The summed E-state index contributed by atoms with van der Waals surface area (Å²) < 4.78 is 16.5. The van der Waals surface area contributed by atoms with Crippen LogP contribution in [-0.4, -0.2) is 38.7 Å². The van der Waals surface area contributed by atoms with Gasteiger partial charge in [-0.1, -0.05) is 70.1 Å². The number of anilines is 2. The van der Waals surface area contributed by atoms with E-state index in [0.29, 0.717) is 0 Å². The Kier molecular flexibility index (Phi) is 13.3. The van der Waals surface area contributed by atoms with E-state index in [2.05, 4.69) is 144 Å². The average Bonchev–Trinajstić information content (AvgIpc) is 3.68. The third-order valence-electron chi connectivity index (χ3n) is 8.51. The first-order chi connectivity index (χ1) is 23.5. The van der Waals surface area contributed by atoms with Crippen LogP contribution in [0.2, 0.25) is 0 Å². The SMILES string of the molecule is CC[n+]1c(/C=C/c2ccc(N(C)CCSSCCN(C)c3ccc(/C=C/c4oc5ccccc5[n+]4CC)cc3)cc2)oc2ccccc21.[I-]. The van der Waals surface area contributed by atoms with E-state index in [0.717, 1.165) is 82.8 Å². The van der Waals surface area contributed by atoms with Crippen LogP contribution in [-0.2, 0) is 13.1 Å². The first-order valence-corrected chi connectivity index (χ1v) is 19.1. The highest BCUT2D eigenvalue weighted by molar-refractivity contribution is 8.76. The van der Waals surface area contributed by atoms with Crippen molar-refractivity contribution in [2.24, 2.45) is 0 Å². The summed E-state index contributed by atoms with van der Waals surface area (Å²) in [7, 11) is 8.22. The molecule has 0 radical (unpaired) electrons. The largest absolute Gasteiger partial charge is 1.00 e. The molecule has 0 bridgehead atoms. The molecule has 0 atom stereocenters. The normalized spacial score (nSPS) is 11.6. The molecule has 49 heavy (non-hydrogen) atoms. The lowest BCUT2D eigenvalue weighted by Gasteiger charge is -2.20. The highest BCUT2D eigenvalue weighted by atomic mass is 127. The van der Waals surface area contributed by atoms with Gasteiger partial charge in [-0.15, -0.1) is 0 Å². The summed E-state index contributed by atoms with van der Waals surface area (Å²) >= 11 is 0. The molecule has 6 aromatic rings. The maximum atomic E-state index is 6.08. The zero-order chi connectivity index (χ0) is 33.3. The van der Waals surface area contributed by atoms with E-state index in [1.165, 1.54) is 11.4 Å². The zero-order valence-electron chi connectivity index (χ0n) is 28.6. The summed E-state index contributed by atoms with van der Waals surface area (Å²) in [4.78, 5) is 4.65. The molecule has 2 heterocycles. The molecule has 2 aromatic heterocycles. The molecule has 4 aromatic carbocycles. The first kappa shape index (κ1) is 36.6. The fourth-order valence-electron chi connectivity index (χ4n) is 5.75. The first-order valence-electron chi connectivity index (χ1n) is 16.6. The summed E-state index contributed by atoms with van der Waals surface area (Å²) in [5.41, 5.74) is 8.84. The zero-order valence-corrected chi connectivity index (χ0v) is 32.4. The van der Waals surface area contributed by atoms with E-state index in [4.69, 9.17) is 8.83 Å². The molecule has 9 heteroatoms. The molecule has 0 amide bonds. The van der Waals surface area contributed by atoms with Crippen LogP contribution in [0.4, 0.5) is 11.4 Å². The number of hydrogen-bond donors (Lipinski definition) is 0. The van der Waals surface area contributed by atoms with Gasteiger partial charge in [-0.3, -0.25) is 0 Å². The van der Waals surface area contributed by atoms with Crippen LogP contribution in [0.25, 0.3) is 46.5 Å². The Bertz CT molecular complexity index is 1860. The van der Waals surface area contributed by atoms with Crippen molar-refractivity contribution in [3.63, 3.8) is 0 Å². The van der Waals surface area contributed by atoms with E-state index in [1.54, 1.807) is 0 Å². The highest BCUT2D eigenvalue weighted by Gasteiger charge is 2.19. The van der Waals surface area contributed by atoms with Crippen molar-refractivity contribution in [2.45, 2.75) is 26.9 Å². The van der Waals surface area contributed by atoms with Gasteiger partial charge >= 0.3 is 11.8 Å². The minimum absolute atomic E-state index is 0. The van der Waals surface area contributed by atoms with Gasteiger partial charge in [-0.25, -0.2) is 0 Å². The number of nitrogens with zero attached hydrogens (tertiary/aromatic N) is 4. The summed E-state index contributed by atoms with van der Waals surface area (Å²) in [5, 5.41) is 0. The topological polar surface area (TPSA) is 40.5 Å². The smallest absolute Gasteiger partial charge is 0.374 e. The van der Waals surface area contributed by atoms with Gasteiger partial charge < -0.3 is 42.6 Å². The van der Waals surface area contributed by atoms with Crippen LogP contribution in [0.15, 0.2) is 106 Å². The Balaban J connectivity index is 0.00000468. The summed E-state index contributed by atoms with van der Waals surface area (Å²) in [6, 6.07) is 33.8. The maximum absolute atomic E-state index is 6.08. The second-order valence-corrected chi connectivity index (χ2v) is 14.3. The average molecular weight is 804 g/mol. The van der Waals surface area contributed by atoms with Crippen molar-refractivity contribution >= 4 is 79.5 Å². The summed E-state index contributed by atoms with van der Waals surface area (Å²) in [5.74, 6) is 3.87. The molecule has 254 valence electrons. The van der Waals surface area contributed by atoms with Gasteiger partial charge in [0, 0.05) is 62.2 Å². The lowest BCUT2D eigenvalue weighted by Crippen LogP contribution is -3.00. The predicted octanol–water partition coefficient (Wildman–Crippen LogP) is 6.09. The molecular weight excluding hydrogens is 760 g/mol. The molecule has 0 saturated heterocycles. The second-order valence-electron chi connectivity index (χ2n) is 11.6. The van der Waals surface area contributed by atoms with Gasteiger partial charge in [0.05, 0.1) is 12.2 Å². The minimum Gasteiger partial charge on any atom is -1.00 e. The van der Waals surface area contributed by atoms with Gasteiger partial charge in [-0.05, 0) is 73.5 Å². The van der Waals surface area contributed by atoms with Crippen molar-refractivity contribution in [3.8, 4) is 0 Å². The van der Waals surface area contributed by atoms with Gasteiger partial charge in [0.2, 0.25) is 11.2 Å². The lowest BCUT2D eigenvalue weighted by molar-refractivity contribution is -0.674. The Morgan fingerprint density at radius 1 is 0.551 bits per heavy atom. The van der Waals surface area contributed by atoms with Crippen LogP contribution < -0.4 is 42.9 Å². The maximum Gasteiger partial charge on any atom is 0.374 e. The number of benzene rings is 4. The van der Waals surface area contributed by atoms with E-state index < -0.39 is 0 Å². The van der Waals surface area contributed by atoms with Gasteiger partial charge in [0.1, 0.15) is 13.1 Å². The monoisotopic (exact) mass is 803 g/mol. The number of aryl methyl sites for hydroxylation is 2. The number of halogens is 1. The van der Waals surface area contributed by atoms with Crippen LogP contribution in [0, 0.1) is 0 Å². The number of hydrogen-bond acceptors (Lipinski definition) is 6. The highest BCUT2D eigenvalue weighted by Crippen LogP contribution is 2.24. The van der Waals surface area contributed by atoms with Crippen LogP contribution in [0.1, 0.15) is 36.8 Å². The second kappa shape index (κ2) is 17.8. The molecular formula is C40H44IN4O2S2+. The van der Waals surface area contributed by atoms with Crippen molar-refractivity contribution in [1.82, 2.24) is 0 Å². The molecule has 0 spiro atoms. The lowest BCUT2D eigenvalue weighted by atomic mass is 10.2. The van der Waals surface area contributed by atoms with Crippen molar-refractivity contribution in [1.29, 1.82) is 0 Å². The Labute approximate surface area is 314 Å². The number of para-hydroxylation sites is 4. The van der Waals surface area contributed by atoms with E-state index >= 15 is 0 Å². The predicted molar refractivity (Wildman–Crippen MR) is 206 cm³/mol. The molecule has 0 unspecified atom stereocenters. The third kappa shape index (κ3) is 9.12. The number of aromatic nitrogens is 2. The molecule has 6 rings (SSSR count). The molecule has 0 saturated carbocycles. The number of oxazole rings is 2. The van der Waals surface area contributed by atoms with Gasteiger partial charge in [0.25, 0.3) is 11.0 Å². The molecule has 0 N–H and O–H groups in total. The molecule has 6 nitrogen and oxygen atoms in total. The molecule has 0 aliphatic heterocycles.